The standard InChI is InChI=1S/2C5H5.2CH3.CH2.Zr/c2*1-2-4-5-3-1;;;;/h2*1-3H,4H2;2*1H3;1H2;. The van der Waals surface area contributed by atoms with Gasteiger partial charge < -0.3 is 0 Å². The van der Waals surface area contributed by atoms with Crippen molar-refractivity contribution < 1.29 is 18.3 Å². The molecule has 0 aromatic carbocycles. The van der Waals surface area contributed by atoms with E-state index < -0.39 is 18.3 Å². The first kappa shape index (κ1) is 10.2. The molecule has 0 aromatic heterocycles. The summed E-state index contributed by atoms with van der Waals surface area (Å²) in [5.74, 6) is 0. The quantitative estimate of drug-likeness (QED) is 0.710. The second-order valence-corrected chi connectivity index (χ2v) is 21.7. The van der Waals surface area contributed by atoms with Gasteiger partial charge in [0.25, 0.3) is 0 Å². The summed E-state index contributed by atoms with van der Waals surface area (Å²) in [6.07, 6.45) is 15.8. The number of hydrogen-bond donors (Lipinski definition) is 0. The molecule has 0 radical (unpaired) electrons. The van der Waals surface area contributed by atoms with E-state index in [1.165, 1.54) is 0 Å². The molecule has 0 aliphatic heterocycles. The van der Waals surface area contributed by atoms with Gasteiger partial charge in [0, 0.05) is 0 Å². The van der Waals surface area contributed by atoms with Gasteiger partial charge in [-0.15, -0.1) is 0 Å². The van der Waals surface area contributed by atoms with Crippen LogP contribution in [0.5, 0.6) is 0 Å². The minimum atomic E-state index is -2.90. The van der Waals surface area contributed by atoms with Crippen LogP contribution in [0.2, 0.25) is 9.26 Å². The molecule has 0 heterocycles. The summed E-state index contributed by atoms with van der Waals surface area (Å²) in [6.45, 7) is 0. The predicted molar refractivity (Wildman–Crippen MR) is 62.5 cm³/mol. The van der Waals surface area contributed by atoms with Crippen LogP contribution in [0.3, 0.4) is 0 Å². The van der Waals surface area contributed by atoms with Gasteiger partial charge in [0.15, 0.2) is 0 Å². The summed E-state index contributed by atoms with van der Waals surface area (Å²) >= 11 is -2.90. The Balaban J connectivity index is 2.42. The Morgan fingerprint density at radius 3 is 1.71 bits per heavy atom. The Hall–Kier alpha value is -0.287. The van der Waals surface area contributed by atoms with Crippen LogP contribution in [0.1, 0.15) is 12.8 Å². The van der Waals surface area contributed by atoms with Gasteiger partial charge >= 0.3 is 87.6 Å². The summed E-state index contributed by atoms with van der Waals surface area (Å²) < 4.78 is 12.8. The molecule has 0 spiro atoms. The fourth-order valence-electron chi connectivity index (χ4n) is 2.29. The van der Waals surface area contributed by atoms with E-state index in [2.05, 4.69) is 49.9 Å². The van der Waals surface area contributed by atoms with Gasteiger partial charge in [-0.05, 0) is 0 Å². The van der Waals surface area contributed by atoms with Crippen molar-refractivity contribution in [2.75, 3.05) is 0 Å². The third kappa shape index (κ3) is 1.52. The first-order valence-electron chi connectivity index (χ1n) is 5.29. The third-order valence-corrected chi connectivity index (χ3v) is 15.6. The van der Waals surface area contributed by atoms with Crippen LogP contribution >= 0.6 is 0 Å². The molecule has 0 N–H and O–H groups in total. The molecule has 0 amide bonds. The van der Waals surface area contributed by atoms with Crippen LogP contribution in [0.4, 0.5) is 0 Å². The Kier molecular flexibility index (Phi) is 2.27. The van der Waals surface area contributed by atoms with E-state index in [1.54, 1.807) is 6.56 Å². The van der Waals surface area contributed by atoms with Crippen LogP contribution < -0.4 is 0 Å². The molecule has 74 valence electrons. The molecule has 0 saturated heterocycles. The van der Waals surface area contributed by atoms with Gasteiger partial charge in [0.05, 0.1) is 0 Å². The number of hydrogen-bond acceptors (Lipinski definition) is 0. The molecule has 0 atom stereocenters. The predicted octanol–water partition coefficient (Wildman–Crippen LogP) is 3.89. The third-order valence-electron chi connectivity index (χ3n) is 3.60. The molecule has 0 aromatic rings. The second kappa shape index (κ2) is 3.10. The summed E-state index contributed by atoms with van der Waals surface area (Å²) in [5.41, 5.74) is 0. The van der Waals surface area contributed by atoms with Crippen molar-refractivity contribution in [2.24, 2.45) is 0 Å². The van der Waals surface area contributed by atoms with Gasteiger partial charge in [-0.1, -0.05) is 0 Å². The molecule has 0 nitrogen and oxygen atoms in total. The molecular weight excluding hydrogens is 247 g/mol. The van der Waals surface area contributed by atoms with Crippen LogP contribution in [0, 0.1) is 0 Å². The van der Waals surface area contributed by atoms with E-state index in [-0.39, 0.29) is 0 Å². The van der Waals surface area contributed by atoms with E-state index in [0.717, 1.165) is 12.8 Å². The van der Waals surface area contributed by atoms with E-state index in [1.807, 2.05) is 0 Å². The Morgan fingerprint density at radius 2 is 1.43 bits per heavy atom. The maximum absolute atomic E-state index is 4.66. The van der Waals surface area contributed by atoms with E-state index in [9.17, 15) is 0 Å². The average molecular weight is 266 g/mol. The van der Waals surface area contributed by atoms with Crippen LogP contribution in [0.15, 0.2) is 43.0 Å². The van der Waals surface area contributed by atoms with Gasteiger partial charge in [0.2, 0.25) is 0 Å². The SMILES string of the molecule is [CH2]=[Zr]([CH3])([CH3])([C]1=CC=CC1)[C]1=CC=CC1. The molecule has 2 aliphatic rings. The van der Waals surface area contributed by atoms with Crippen molar-refractivity contribution in [1.29, 1.82) is 0 Å². The second-order valence-electron chi connectivity index (χ2n) is 5.33. The Bertz CT molecular complexity index is 400. The fourth-order valence-corrected chi connectivity index (χ4v) is 10.2. The molecule has 0 bridgehead atoms. The van der Waals surface area contributed by atoms with Crippen LogP contribution in [0.25, 0.3) is 0 Å². The summed E-state index contributed by atoms with van der Waals surface area (Å²) in [4.78, 5) is 0. The zero-order chi connectivity index (χ0) is 10.3. The fraction of sp³-hybridized carbons (Fsp3) is 0.308. The van der Waals surface area contributed by atoms with Gasteiger partial charge in [0.1, 0.15) is 0 Å². The minimum absolute atomic E-state index is 1.14. The van der Waals surface area contributed by atoms with Gasteiger partial charge in [-0.3, -0.25) is 0 Å². The molecule has 0 fully saturated rings. The summed E-state index contributed by atoms with van der Waals surface area (Å²) in [5, 5.41) is 0. The topological polar surface area (TPSA) is 0 Å². The van der Waals surface area contributed by atoms with Crippen molar-refractivity contribution in [2.45, 2.75) is 22.1 Å². The first-order chi connectivity index (χ1) is 6.49. The first-order valence-corrected chi connectivity index (χ1v) is 14.4. The number of rotatable bonds is 2. The molecule has 0 unspecified atom stereocenters. The van der Waals surface area contributed by atoms with Crippen LogP contribution in [-0.4, -0.2) is 4.21 Å². The molecular formula is C13H18Zr. The zero-order valence-electron chi connectivity index (χ0n) is 9.09. The van der Waals surface area contributed by atoms with Crippen molar-refractivity contribution in [3.05, 3.63) is 43.0 Å². The average Bonchev–Trinajstić information content (AvgIpc) is 2.78. The molecule has 1 heteroatoms. The Labute approximate surface area is 87.3 Å². The summed E-state index contributed by atoms with van der Waals surface area (Å²) in [6, 6.07) is 0. The van der Waals surface area contributed by atoms with E-state index >= 15 is 0 Å². The normalized spacial score (nSPS) is 21.4. The van der Waals surface area contributed by atoms with Gasteiger partial charge in [-0.2, -0.15) is 0 Å². The van der Waals surface area contributed by atoms with Gasteiger partial charge in [-0.25, -0.2) is 0 Å². The maximum atomic E-state index is 4.66. The van der Waals surface area contributed by atoms with Crippen molar-refractivity contribution >= 4 is 4.21 Å². The van der Waals surface area contributed by atoms with Crippen molar-refractivity contribution in [3.8, 4) is 0 Å². The van der Waals surface area contributed by atoms with Crippen LogP contribution in [-0.2, 0) is 18.3 Å². The molecule has 0 saturated carbocycles. The molecule has 14 heavy (non-hydrogen) atoms. The molecule has 2 rings (SSSR count). The molecule has 2 aliphatic carbocycles. The van der Waals surface area contributed by atoms with E-state index in [4.69, 9.17) is 0 Å². The zero-order valence-corrected chi connectivity index (χ0v) is 11.5. The van der Waals surface area contributed by atoms with Crippen molar-refractivity contribution in [3.63, 3.8) is 0 Å². The number of allylic oxidation sites excluding steroid dienone is 8. The van der Waals surface area contributed by atoms with Crippen molar-refractivity contribution in [1.82, 2.24) is 0 Å². The van der Waals surface area contributed by atoms with E-state index in [0.29, 0.717) is 0 Å². The Morgan fingerprint density at radius 1 is 1.00 bits per heavy atom. The monoisotopic (exact) mass is 264 g/mol. The summed E-state index contributed by atoms with van der Waals surface area (Å²) in [7, 11) is 0.